The Labute approximate surface area is 76.8 Å². The van der Waals surface area contributed by atoms with Crippen LogP contribution < -0.4 is 5.32 Å². The molecule has 2 nitrogen and oxygen atoms in total. The molecule has 1 aromatic rings. The van der Waals surface area contributed by atoms with Gasteiger partial charge in [0.15, 0.2) is 0 Å². The van der Waals surface area contributed by atoms with Crippen LogP contribution in [0.1, 0.15) is 11.1 Å². The predicted octanol–water partition coefficient (Wildman–Crippen LogP) is 2.22. The number of pyridine rings is 1. The number of aromatic nitrogens is 1. The molecule has 0 atom stereocenters. The zero-order chi connectivity index (χ0) is 8.55. The Hall–Kier alpha value is -0.700. The van der Waals surface area contributed by atoms with Gasteiger partial charge in [-0.1, -0.05) is 0 Å². The van der Waals surface area contributed by atoms with Gasteiger partial charge in [-0.25, -0.2) is 4.98 Å². The van der Waals surface area contributed by atoms with Gasteiger partial charge in [0, 0.05) is 18.5 Å². The van der Waals surface area contributed by atoms with Crippen LogP contribution in [0.25, 0.3) is 0 Å². The Morgan fingerprint density at radius 3 is 3.17 bits per heavy atom. The number of anilines is 1. The topological polar surface area (TPSA) is 24.9 Å². The third-order valence-electron chi connectivity index (χ3n) is 2.20. The Kier molecular flexibility index (Phi) is 1.97. The molecule has 0 amide bonds. The fraction of sp³-hybridized carbons (Fsp3) is 0.444. The van der Waals surface area contributed by atoms with Crippen molar-refractivity contribution in [2.45, 2.75) is 18.9 Å². The number of thioether (sulfide) groups is 1. The van der Waals surface area contributed by atoms with E-state index in [2.05, 4.69) is 24.1 Å². The van der Waals surface area contributed by atoms with Crippen LogP contribution in [0, 0.1) is 13.8 Å². The first-order chi connectivity index (χ1) is 5.79. The van der Waals surface area contributed by atoms with Gasteiger partial charge in [-0.3, -0.25) is 0 Å². The van der Waals surface area contributed by atoms with Crippen molar-refractivity contribution in [2.75, 3.05) is 17.6 Å². The molecule has 0 aromatic carbocycles. The summed E-state index contributed by atoms with van der Waals surface area (Å²) in [5.41, 5.74) is 3.85. The lowest BCUT2D eigenvalue weighted by molar-refractivity contribution is 1.03. The van der Waals surface area contributed by atoms with Gasteiger partial charge in [-0.05, 0) is 25.0 Å². The molecule has 3 heteroatoms. The maximum Gasteiger partial charge on any atom is 0.119 e. The maximum atomic E-state index is 4.38. The van der Waals surface area contributed by atoms with Gasteiger partial charge >= 0.3 is 0 Å². The van der Waals surface area contributed by atoms with Gasteiger partial charge in [0.05, 0.1) is 5.69 Å². The zero-order valence-corrected chi connectivity index (χ0v) is 8.16. The van der Waals surface area contributed by atoms with Crippen molar-refractivity contribution >= 4 is 17.4 Å². The number of hydrogen-bond acceptors (Lipinski definition) is 3. The molecule has 0 fully saturated rings. The van der Waals surface area contributed by atoms with Gasteiger partial charge in [0.2, 0.25) is 0 Å². The highest BCUT2D eigenvalue weighted by molar-refractivity contribution is 7.99. The van der Waals surface area contributed by atoms with Crippen LogP contribution in [0.2, 0.25) is 0 Å². The standard InChI is InChI=1S/C9H12N2S/c1-6-5-11-9-8(7(6)2)10-3-4-12-9/h5,10H,3-4H2,1-2H3. The number of fused-ring (bicyclic) bond motifs is 1. The van der Waals surface area contributed by atoms with Crippen molar-refractivity contribution in [3.63, 3.8) is 0 Å². The van der Waals surface area contributed by atoms with E-state index in [1.54, 1.807) is 0 Å². The van der Waals surface area contributed by atoms with Crippen molar-refractivity contribution in [3.8, 4) is 0 Å². The molecule has 0 saturated heterocycles. The number of nitrogens with one attached hydrogen (secondary N) is 1. The number of rotatable bonds is 0. The second-order valence-corrected chi connectivity index (χ2v) is 4.11. The Morgan fingerprint density at radius 1 is 1.50 bits per heavy atom. The number of aryl methyl sites for hydroxylation is 1. The molecule has 0 spiro atoms. The predicted molar refractivity (Wildman–Crippen MR) is 52.9 cm³/mol. The third-order valence-corrected chi connectivity index (χ3v) is 3.19. The van der Waals surface area contributed by atoms with Crippen LogP contribution in [0.5, 0.6) is 0 Å². The summed E-state index contributed by atoms with van der Waals surface area (Å²) in [5.74, 6) is 1.13. The lowest BCUT2D eigenvalue weighted by Gasteiger charge is -2.19. The summed E-state index contributed by atoms with van der Waals surface area (Å²) < 4.78 is 0. The van der Waals surface area contributed by atoms with Gasteiger partial charge in [-0.15, -0.1) is 11.8 Å². The van der Waals surface area contributed by atoms with Crippen LogP contribution in [-0.4, -0.2) is 17.3 Å². The number of hydrogen-bond donors (Lipinski definition) is 1. The maximum absolute atomic E-state index is 4.38. The molecule has 2 rings (SSSR count). The molecule has 0 unspecified atom stereocenters. The Bertz CT molecular complexity index is 310. The highest BCUT2D eigenvalue weighted by Gasteiger charge is 2.13. The molecule has 2 heterocycles. The fourth-order valence-electron chi connectivity index (χ4n) is 1.32. The van der Waals surface area contributed by atoms with E-state index < -0.39 is 0 Å². The van der Waals surface area contributed by atoms with Gasteiger partial charge in [0.25, 0.3) is 0 Å². The first-order valence-corrected chi connectivity index (χ1v) is 5.10. The second kappa shape index (κ2) is 2.98. The smallest absolute Gasteiger partial charge is 0.119 e. The summed E-state index contributed by atoms with van der Waals surface area (Å²) in [6, 6.07) is 0. The molecular formula is C9H12N2S. The van der Waals surface area contributed by atoms with E-state index in [0.29, 0.717) is 0 Å². The highest BCUT2D eigenvalue weighted by atomic mass is 32.2. The van der Waals surface area contributed by atoms with Crippen LogP contribution in [0.4, 0.5) is 5.69 Å². The highest BCUT2D eigenvalue weighted by Crippen LogP contribution is 2.32. The molecule has 0 radical (unpaired) electrons. The van der Waals surface area contributed by atoms with Gasteiger partial charge < -0.3 is 5.32 Å². The quantitative estimate of drug-likeness (QED) is 0.662. The lowest BCUT2D eigenvalue weighted by Crippen LogP contribution is -2.13. The minimum absolute atomic E-state index is 1.06. The van der Waals surface area contributed by atoms with Crippen LogP contribution in [0.3, 0.4) is 0 Å². The Morgan fingerprint density at radius 2 is 2.33 bits per heavy atom. The van der Waals surface area contributed by atoms with Crippen molar-refractivity contribution in [3.05, 3.63) is 17.3 Å². The van der Waals surface area contributed by atoms with E-state index in [-0.39, 0.29) is 0 Å². The van der Waals surface area contributed by atoms with Crippen LogP contribution in [-0.2, 0) is 0 Å². The summed E-state index contributed by atoms with van der Waals surface area (Å²) in [5, 5.41) is 4.55. The summed E-state index contributed by atoms with van der Waals surface area (Å²) in [7, 11) is 0. The summed E-state index contributed by atoms with van der Waals surface area (Å²) in [4.78, 5) is 4.38. The zero-order valence-electron chi connectivity index (χ0n) is 7.35. The third kappa shape index (κ3) is 1.18. The van der Waals surface area contributed by atoms with E-state index >= 15 is 0 Å². The second-order valence-electron chi connectivity index (χ2n) is 3.02. The monoisotopic (exact) mass is 180 g/mol. The van der Waals surface area contributed by atoms with Crippen molar-refractivity contribution < 1.29 is 0 Å². The Balaban J connectivity index is 2.54. The average Bonchev–Trinajstić information content (AvgIpc) is 2.12. The summed E-state index contributed by atoms with van der Waals surface area (Å²) in [6.07, 6.45) is 1.95. The first kappa shape index (κ1) is 7.92. The molecule has 0 aliphatic carbocycles. The first-order valence-electron chi connectivity index (χ1n) is 4.12. The van der Waals surface area contributed by atoms with E-state index in [0.717, 1.165) is 17.3 Å². The largest absolute Gasteiger partial charge is 0.382 e. The van der Waals surface area contributed by atoms with Crippen molar-refractivity contribution in [1.82, 2.24) is 4.98 Å². The molecule has 1 N–H and O–H groups in total. The van der Waals surface area contributed by atoms with E-state index in [9.17, 15) is 0 Å². The summed E-state index contributed by atoms with van der Waals surface area (Å²) in [6.45, 7) is 5.31. The molecule has 64 valence electrons. The van der Waals surface area contributed by atoms with Crippen molar-refractivity contribution in [1.29, 1.82) is 0 Å². The van der Waals surface area contributed by atoms with E-state index in [4.69, 9.17) is 0 Å². The molecular weight excluding hydrogens is 168 g/mol. The molecule has 1 aliphatic rings. The van der Waals surface area contributed by atoms with Gasteiger partial charge in [-0.2, -0.15) is 0 Å². The SMILES string of the molecule is Cc1cnc2c(c1C)NCCS2. The minimum atomic E-state index is 1.06. The molecule has 0 bridgehead atoms. The number of nitrogens with zero attached hydrogens (tertiary/aromatic N) is 1. The molecule has 0 saturated carbocycles. The van der Waals surface area contributed by atoms with Gasteiger partial charge in [0.1, 0.15) is 5.03 Å². The minimum Gasteiger partial charge on any atom is -0.382 e. The molecule has 1 aliphatic heterocycles. The lowest BCUT2D eigenvalue weighted by atomic mass is 10.1. The normalized spacial score (nSPS) is 15.2. The summed E-state index contributed by atoms with van der Waals surface area (Å²) >= 11 is 1.84. The van der Waals surface area contributed by atoms with Crippen molar-refractivity contribution in [2.24, 2.45) is 0 Å². The van der Waals surface area contributed by atoms with E-state index in [1.165, 1.54) is 16.8 Å². The van der Waals surface area contributed by atoms with E-state index in [1.807, 2.05) is 18.0 Å². The average molecular weight is 180 g/mol. The van der Waals surface area contributed by atoms with Crippen LogP contribution in [0.15, 0.2) is 11.2 Å². The fourth-order valence-corrected chi connectivity index (χ4v) is 2.21. The molecule has 12 heavy (non-hydrogen) atoms. The molecule has 1 aromatic heterocycles. The van der Waals surface area contributed by atoms with Crippen LogP contribution >= 0.6 is 11.8 Å².